The molecule has 0 saturated carbocycles. The van der Waals surface area contributed by atoms with E-state index in [0.29, 0.717) is 17.1 Å². The van der Waals surface area contributed by atoms with Gasteiger partial charge in [0.05, 0.1) is 77.1 Å². The van der Waals surface area contributed by atoms with Gasteiger partial charge in [0.25, 0.3) is 0 Å². The van der Waals surface area contributed by atoms with Crippen molar-refractivity contribution in [2.45, 2.75) is 0 Å². The van der Waals surface area contributed by atoms with Crippen LogP contribution >= 0.6 is 0 Å². The van der Waals surface area contributed by atoms with E-state index in [1.54, 1.807) is 48.7 Å². The number of pyridine rings is 2. The van der Waals surface area contributed by atoms with Crippen molar-refractivity contribution in [3.05, 3.63) is 169 Å². The monoisotopic (exact) mass is 819 g/mol. The van der Waals surface area contributed by atoms with Gasteiger partial charge in [-0.05, 0) is 119 Å². The van der Waals surface area contributed by atoms with Gasteiger partial charge in [0, 0.05) is 22.3 Å². The fraction of sp³-hybridized carbons (Fsp3) is 0.113. The SMILES string of the molecule is COc1ccc(-c2cc(-c3ccccc3OC)nc(-c3ccccc3OC)c2)cc1OC.COc1ccccc1-c1cc(-c2cccc(C#N)c2)cc(-c2ccccc2OC)n1. The average molecular weight is 820 g/mol. The van der Waals surface area contributed by atoms with Crippen molar-refractivity contribution in [1.29, 1.82) is 5.26 Å². The molecule has 0 atom stereocenters. The van der Waals surface area contributed by atoms with E-state index in [4.69, 9.17) is 38.4 Å². The normalized spacial score (nSPS) is 10.4. The van der Waals surface area contributed by atoms with Gasteiger partial charge in [-0.25, -0.2) is 9.97 Å². The predicted molar refractivity (Wildman–Crippen MR) is 245 cm³/mol. The number of para-hydroxylation sites is 4. The molecule has 0 N–H and O–H groups in total. The van der Waals surface area contributed by atoms with Gasteiger partial charge in [0.1, 0.15) is 23.0 Å². The lowest BCUT2D eigenvalue weighted by Gasteiger charge is -2.15. The van der Waals surface area contributed by atoms with Crippen LogP contribution in [0.4, 0.5) is 0 Å². The van der Waals surface area contributed by atoms with Gasteiger partial charge in [-0.15, -0.1) is 0 Å². The molecule has 9 heteroatoms. The maximum Gasteiger partial charge on any atom is 0.161 e. The molecule has 2 aromatic heterocycles. The van der Waals surface area contributed by atoms with Gasteiger partial charge in [0.15, 0.2) is 11.5 Å². The summed E-state index contributed by atoms with van der Waals surface area (Å²) >= 11 is 0. The lowest BCUT2D eigenvalue weighted by atomic mass is 9.98. The number of hydrogen-bond donors (Lipinski definition) is 0. The maximum absolute atomic E-state index is 9.32. The van der Waals surface area contributed by atoms with E-state index in [0.717, 1.165) is 90.3 Å². The molecule has 0 unspecified atom stereocenters. The third-order valence-corrected chi connectivity index (χ3v) is 10.2. The van der Waals surface area contributed by atoms with E-state index in [1.807, 2.05) is 146 Å². The number of nitrogens with zero attached hydrogens (tertiary/aromatic N) is 3. The van der Waals surface area contributed by atoms with Crippen molar-refractivity contribution in [1.82, 2.24) is 9.97 Å². The van der Waals surface area contributed by atoms with Crippen molar-refractivity contribution in [3.8, 4) is 108 Å². The van der Waals surface area contributed by atoms with E-state index < -0.39 is 0 Å². The summed E-state index contributed by atoms with van der Waals surface area (Å²) in [6, 6.07) is 55.1. The first-order valence-corrected chi connectivity index (χ1v) is 19.7. The Morgan fingerprint density at radius 2 is 0.677 bits per heavy atom. The summed E-state index contributed by atoms with van der Waals surface area (Å²) in [6.07, 6.45) is 0. The topological polar surface area (TPSA) is 105 Å². The Morgan fingerprint density at radius 3 is 1.03 bits per heavy atom. The summed E-state index contributed by atoms with van der Waals surface area (Å²) in [5.41, 5.74) is 11.3. The Bertz CT molecular complexity index is 2740. The molecule has 0 radical (unpaired) electrons. The van der Waals surface area contributed by atoms with Gasteiger partial charge >= 0.3 is 0 Å². The second kappa shape index (κ2) is 19.8. The maximum atomic E-state index is 9.32. The van der Waals surface area contributed by atoms with Crippen molar-refractivity contribution >= 4 is 0 Å². The Hall–Kier alpha value is -8.09. The minimum absolute atomic E-state index is 0.613. The van der Waals surface area contributed by atoms with Gasteiger partial charge < -0.3 is 28.4 Å². The first kappa shape index (κ1) is 42.0. The lowest BCUT2D eigenvalue weighted by molar-refractivity contribution is 0.355. The second-order valence-corrected chi connectivity index (χ2v) is 13.8. The zero-order chi connectivity index (χ0) is 43.4. The van der Waals surface area contributed by atoms with Crippen LogP contribution in [0.15, 0.2) is 164 Å². The summed E-state index contributed by atoms with van der Waals surface area (Å²) in [7, 11) is 9.90. The molecule has 62 heavy (non-hydrogen) atoms. The number of ether oxygens (including phenoxy) is 6. The lowest BCUT2D eigenvalue weighted by Crippen LogP contribution is -1.96. The average Bonchev–Trinajstić information content (AvgIpc) is 3.35. The van der Waals surface area contributed by atoms with Gasteiger partial charge in [-0.2, -0.15) is 5.26 Å². The molecule has 0 spiro atoms. The Morgan fingerprint density at radius 1 is 0.323 bits per heavy atom. The number of benzene rings is 6. The molecule has 8 rings (SSSR count). The molecule has 0 bridgehead atoms. The van der Waals surface area contributed by atoms with E-state index >= 15 is 0 Å². The van der Waals surface area contributed by atoms with E-state index in [1.165, 1.54) is 0 Å². The van der Waals surface area contributed by atoms with Crippen molar-refractivity contribution < 1.29 is 28.4 Å². The standard InChI is InChI=1S/C27H25NO4.C26H20N2O2/c1-29-24-11-7-5-9-20(24)22-15-19(18-13-14-26(31-3)27(17-18)32-4)16-23(28-22)21-10-6-8-12-25(21)30-2;1-29-25-12-5-3-10-21(25)23-15-20(19-9-7-8-18(14-19)17-27)16-24(28-23)22-11-4-6-13-26(22)30-2/h5-17H,1-4H3;3-16H,1-2H3. The zero-order valence-electron chi connectivity index (χ0n) is 35.4. The van der Waals surface area contributed by atoms with Crippen LogP contribution in [0, 0.1) is 11.3 Å². The van der Waals surface area contributed by atoms with Gasteiger partial charge in [-0.3, -0.25) is 0 Å². The van der Waals surface area contributed by atoms with Crippen LogP contribution in [0.2, 0.25) is 0 Å². The number of hydrogen-bond acceptors (Lipinski definition) is 9. The summed E-state index contributed by atoms with van der Waals surface area (Å²) in [5, 5.41) is 9.32. The number of nitriles is 1. The predicted octanol–water partition coefficient (Wildman–Crippen LogP) is 12.1. The molecular formula is C53H45N3O6. The van der Waals surface area contributed by atoms with Crippen molar-refractivity contribution in [3.63, 3.8) is 0 Å². The fourth-order valence-electron chi connectivity index (χ4n) is 7.16. The third kappa shape index (κ3) is 9.20. The molecule has 0 fully saturated rings. The van der Waals surface area contributed by atoms with Crippen LogP contribution in [0.3, 0.4) is 0 Å². The molecule has 0 saturated heterocycles. The van der Waals surface area contributed by atoms with Gasteiger partial charge in [0.2, 0.25) is 0 Å². The molecule has 9 nitrogen and oxygen atoms in total. The van der Waals surface area contributed by atoms with E-state index in [9.17, 15) is 5.26 Å². The molecule has 6 aromatic carbocycles. The molecule has 0 aliphatic carbocycles. The zero-order valence-corrected chi connectivity index (χ0v) is 35.4. The minimum Gasteiger partial charge on any atom is -0.496 e. The quantitative estimate of drug-likeness (QED) is 0.119. The molecule has 0 aliphatic rings. The van der Waals surface area contributed by atoms with Crippen LogP contribution in [-0.2, 0) is 0 Å². The molecule has 0 aliphatic heterocycles. The molecule has 8 aromatic rings. The molecular weight excluding hydrogens is 775 g/mol. The van der Waals surface area contributed by atoms with Crippen LogP contribution in [-0.4, -0.2) is 52.6 Å². The van der Waals surface area contributed by atoms with Crippen molar-refractivity contribution in [2.75, 3.05) is 42.7 Å². The number of methoxy groups -OCH3 is 6. The van der Waals surface area contributed by atoms with Crippen molar-refractivity contribution in [2.24, 2.45) is 0 Å². The summed E-state index contributed by atoms with van der Waals surface area (Å²) < 4.78 is 33.3. The smallest absolute Gasteiger partial charge is 0.161 e. The largest absolute Gasteiger partial charge is 0.496 e. The first-order chi connectivity index (χ1) is 30.4. The van der Waals surface area contributed by atoms with E-state index in [2.05, 4.69) is 18.2 Å². The molecule has 308 valence electrons. The van der Waals surface area contributed by atoms with E-state index in [-0.39, 0.29) is 0 Å². The Kier molecular flexibility index (Phi) is 13.4. The highest BCUT2D eigenvalue weighted by Crippen LogP contribution is 2.40. The van der Waals surface area contributed by atoms with Gasteiger partial charge in [-0.1, -0.05) is 66.7 Å². The molecule has 0 amide bonds. The highest BCUT2D eigenvalue weighted by molar-refractivity contribution is 5.82. The summed E-state index contributed by atoms with van der Waals surface area (Å²) in [6.45, 7) is 0. The Balaban J connectivity index is 0.000000187. The summed E-state index contributed by atoms with van der Waals surface area (Å²) in [5.74, 6) is 4.36. The Labute approximate surface area is 362 Å². The molecule has 2 heterocycles. The summed E-state index contributed by atoms with van der Waals surface area (Å²) in [4.78, 5) is 9.91. The first-order valence-electron chi connectivity index (χ1n) is 19.7. The fourth-order valence-corrected chi connectivity index (χ4v) is 7.16. The highest BCUT2D eigenvalue weighted by atomic mass is 16.5. The second-order valence-electron chi connectivity index (χ2n) is 13.8. The highest BCUT2D eigenvalue weighted by Gasteiger charge is 2.17. The van der Waals surface area contributed by atoms with Crippen LogP contribution in [0.1, 0.15) is 5.56 Å². The van der Waals surface area contributed by atoms with Crippen LogP contribution in [0.25, 0.3) is 67.3 Å². The van der Waals surface area contributed by atoms with Crippen LogP contribution in [0.5, 0.6) is 34.5 Å². The minimum atomic E-state index is 0.613. The van der Waals surface area contributed by atoms with Crippen LogP contribution < -0.4 is 28.4 Å². The number of rotatable bonds is 12. The number of aromatic nitrogens is 2. The third-order valence-electron chi connectivity index (χ3n) is 10.2.